The van der Waals surface area contributed by atoms with Crippen LogP contribution in [-0.2, 0) is 14.3 Å². The molecule has 2 unspecified atom stereocenters. The number of benzene rings is 1. The van der Waals surface area contributed by atoms with Gasteiger partial charge in [0.1, 0.15) is 23.4 Å². The number of hydrogen-bond donors (Lipinski definition) is 3. The van der Waals surface area contributed by atoms with Crippen LogP contribution in [-0.4, -0.2) is 51.1 Å². The van der Waals surface area contributed by atoms with Crippen LogP contribution < -0.4 is 10.6 Å². The number of alkyl carbamates (subject to hydrolysis) is 1. The number of carbonyl (C=O) groups is 3. The highest BCUT2D eigenvalue weighted by molar-refractivity contribution is 5.93. The normalized spacial score (nSPS) is 13.9. The van der Waals surface area contributed by atoms with E-state index in [4.69, 9.17) is 4.74 Å². The average molecular weight is 478 g/mol. The van der Waals surface area contributed by atoms with Crippen molar-refractivity contribution in [3.05, 3.63) is 29.8 Å². The van der Waals surface area contributed by atoms with Gasteiger partial charge in [-0.05, 0) is 73.8 Å². The first-order chi connectivity index (χ1) is 15.4. The minimum absolute atomic E-state index is 0.0875. The maximum absolute atomic E-state index is 13.9. The van der Waals surface area contributed by atoms with Crippen LogP contribution >= 0.6 is 0 Å². The summed E-state index contributed by atoms with van der Waals surface area (Å²) >= 11 is 0. The van der Waals surface area contributed by atoms with Gasteiger partial charge in [-0.2, -0.15) is 0 Å². The zero-order valence-electron chi connectivity index (χ0n) is 22.4. The molecular weight excluding hydrogens is 434 g/mol. The van der Waals surface area contributed by atoms with E-state index in [1.54, 1.807) is 52.8 Å². The molecule has 1 aromatic carbocycles. The van der Waals surface area contributed by atoms with E-state index in [0.717, 1.165) is 0 Å². The van der Waals surface area contributed by atoms with Crippen molar-refractivity contribution in [1.82, 2.24) is 15.5 Å². The summed E-state index contributed by atoms with van der Waals surface area (Å²) in [6, 6.07) is 4.07. The second kappa shape index (κ2) is 11.6. The zero-order chi connectivity index (χ0) is 26.4. The summed E-state index contributed by atoms with van der Waals surface area (Å²) in [5, 5.41) is 16.2. The molecule has 0 spiro atoms. The highest BCUT2D eigenvalue weighted by atomic mass is 16.6. The molecule has 0 fully saturated rings. The smallest absolute Gasteiger partial charge is 0.408 e. The van der Waals surface area contributed by atoms with E-state index in [2.05, 4.69) is 10.6 Å². The van der Waals surface area contributed by atoms with E-state index in [1.807, 2.05) is 34.6 Å². The Hall–Kier alpha value is -2.77. The lowest BCUT2D eigenvalue weighted by atomic mass is 9.96. The molecule has 1 rings (SSSR count). The Morgan fingerprint density at radius 3 is 2.00 bits per heavy atom. The molecule has 0 aromatic heterocycles. The zero-order valence-corrected chi connectivity index (χ0v) is 22.4. The van der Waals surface area contributed by atoms with E-state index < -0.39 is 47.2 Å². The summed E-state index contributed by atoms with van der Waals surface area (Å²) < 4.78 is 5.38. The third-order valence-corrected chi connectivity index (χ3v) is 4.76. The predicted molar refractivity (Wildman–Crippen MR) is 133 cm³/mol. The Balaban J connectivity index is 3.51. The van der Waals surface area contributed by atoms with Gasteiger partial charge in [0.2, 0.25) is 11.8 Å². The first kappa shape index (κ1) is 29.3. The summed E-state index contributed by atoms with van der Waals surface area (Å²) in [6.45, 7) is 18.3. The Morgan fingerprint density at radius 1 is 1.00 bits per heavy atom. The highest BCUT2D eigenvalue weighted by Gasteiger charge is 2.39. The number of ether oxygens (including phenoxy) is 1. The molecule has 0 aliphatic heterocycles. The molecule has 0 saturated carbocycles. The monoisotopic (exact) mass is 477 g/mol. The molecule has 0 aliphatic carbocycles. The minimum Gasteiger partial charge on any atom is -0.508 e. The second-order valence-corrected chi connectivity index (χ2v) is 11.4. The number of phenols is 1. The number of rotatable bonds is 8. The van der Waals surface area contributed by atoms with E-state index in [-0.39, 0.29) is 11.7 Å². The van der Waals surface area contributed by atoms with Crippen LogP contribution in [0.2, 0.25) is 0 Å². The van der Waals surface area contributed by atoms with E-state index in [1.165, 1.54) is 11.0 Å². The molecule has 192 valence electrons. The standard InChI is InChI=1S/C26H43N3O5/c1-16(2)15-19(27-24(33)34-26(8,9)10)23(32)29(17(3)4)21(22(31)28-25(5,6)7)18-13-11-12-14-20(18)30/h11-14,16-17,19,21,30H,15H2,1-10H3,(H,27,33)(H,28,31). The largest absolute Gasteiger partial charge is 0.508 e. The van der Waals surface area contributed by atoms with Crippen molar-refractivity contribution in [3.8, 4) is 5.75 Å². The lowest BCUT2D eigenvalue weighted by molar-refractivity contribution is -0.145. The summed E-state index contributed by atoms with van der Waals surface area (Å²) in [6.07, 6.45) is -0.344. The molecular formula is C26H43N3O5. The number of nitrogens with zero attached hydrogens (tertiary/aromatic N) is 1. The van der Waals surface area contributed by atoms with Crippen LogP contribution in [0.15, 0.2) is 24.3 Å². The molecule has 1 aromatic rings. The van der Waals surface area contributed by atoms with Crippen molar-refractivity contribution in [1.29, 1.82) is 0 Å². The topological polar surface area (TPSA) is 108 Å². The Morgan fingerprint density at radius 2 is 1.56 bits per heavy atom. The second-order valence-electron chi connectivity index (χ2n) is 11.4. The van der Waals surface area contributed by atoms with Crippen LogP contribution in [0.4, 0.5) is 4.79 Å². The van der Waals surface area contributed by atoms with Crippen LogP contribution in [0.25, 0.3) is 0 Å². The molecule has 0 saturated heterocycles. The van der Waals surface area contributed by atoms with Gasteiger partial charge in [0.05, 0.1) is 0 Å². The van der Waals surface area contributed by atoms with Crippen molar-refractivity contribution in [2.75, 3.05) is 0 Å². The molecule has 8 nitrogen and oxygen atoms in total. The van der Waals surface area contributed by atoms with Crippen molar-refractivity contribution in [2.45, 2.75) is 105 Å². The van der Waals surface area contributed by atoms with E-state index in [0.29, 0.717) is 12.0 Å². The van der Waals surface area contributed by atoms with Crippen molar-refractivity contribution < 1.29 is 24.2 Å². The molecule has 2 atom stereocenters. The molecule has 8 heteroatoms. The fourth-order valence-electron chi connectivity index (χ4n) is 3.58. The van der Waals surface area contributed by atoms with Gasteiger partial charge in [0, 0.05) is 17.1 Å². The van der Waals surface area contributed by atoms with Crippen molar-refractivity contribution >= 4 is 17.9 Å². The molecule has 3 N–H and O–H groups in total. The molecule has 34 heavy (non-hydrogen) atoms. The average Bonchev–Trinajstić information content (AvgIpc) is 2.62. The molecule has 0 aliphatic rings. The number of carbonyl (C=O) groups excluding carboxylic acids is 3. The van der Waals surface area contributed by atoms with Crippen molar-refractivity contribution in [3.63, 3.8) is 0 Å². The lowest BCUT2D eigenvalue weighted by Gasteiger charge is -2.38. The van der Waals surface area contributed by atoms with Crippen LogP contribution in [0.5, 0.6) is 5.75 Å². The van der Waals surface area contributed by atoms with Gasteiger partial charge >= 0.3 is 6.09 Å². The molecule has 0 heterocycles. The molecule has 0 bridgehead atoms. The van der Waals surface area contributed by atoms with Gasteiger partial charge in [-0.25, -0.2) is 4.79 Å². The number of hydrogen-bond acceptors (Lipinski definition) is 5. The fraction of sp³-hybridized carbons (Fsp3) is 0.654. The third-order valence-electron chi connectivity index (χ3n) is 4.76. The Kier molecular flexibility index (Phi) is 9.97. The predicted octanol–water partition coefficient (Wildman–Crippen LogP) is 4.52. The third kappa shape index (κ3) is 9.23. The van der Waals surface area contributed by atoms with Gasteiger partial charge in [-0.1, -0.05) is 32.0 Å². The summed E-state index contributed by atoms with van der Waals surface area (Å²) in [5.41, 5.74) is -0.970. The quantitative estimate of drug-likeness (QED) is 0.510. The van der Waals surface area contributed by atoms with Gasteiger partial charge in [-0.3, -0.25) is 9.59 Å². The number of para-hydroxylation sites is 1. The highest BCUT2D eigenvalue weighted by Crippen LogP contribution is 2.32. The molecule has 3 amide bonds. The summed E-state index contributed by atoms with van der Waals surface area (Å²) in [7, 11) is 0. The van der Waals surface area contributed by atoms with Gasteiger partial charge < -0.3 is 25.4 Å². The number of phenolic OH excluding ortho intramolecular Hbond substituents is 1. The summed E-state index contributed by atoms with van der Waals surface area (Å²) in [5.74, 6) is -0.844. The summed E-state index contributed by atoms with van der Waals surface area (Å²) in [4.78, 5) is 41.4. The van der Waals surface area contributed by atoms with Crippen LogP contribution in [0.1, 0.15) is 87.3 Å². The minimum atomic E-state index is -1.09. The number of amides is 3. The van der Waals surface area contributed by atoms with E-state index >= 15 is 0 Å². The van der Waals surface area contributed by atoms with Gasteiger partial charge in [0.15, 0.2) is 0 Å². The van der Waals surface area contributed by atoms with E-state index in [9.17, 15) is 19.5 Å². The Bertz CT molecular complexity index is 853. The maximum atomic E-state index is 13.9. The van der Waals surface area contributed by atoms with Crippen LogP contribution in [0.3, 0.4) is 0 Å². The number of nitrogens with one attached hydrogen (secondary N) is 2. The lowest BCUT2D eigenvalue weighted by Crippen LogP contribution is -2.56. The fourth-order valence-corrected chi connectivity index (χ4v) is 3.58. The van der Waals surface area contributed by atoms with Crippen molar-refractivity contribution in [2.24, 2.45) is 5.92 Å². The van der Waals surface area contributed by atoms with Gasteiger partial charge in [0.25, 0.3) is 0 Å². The van der Waals surface area contributed by atoms with Gasteiger partial charge in [-0.15, -0.1) is 0 Å². The maximum Gasteiger partial charge on any atom is 0.408 e. The Labute approximate surface area is 204 Å². The first-order valence-electron chi connectivity index (χ1n) is 11.8. The molecule has 0 radical (unpaired) electrons. The van der Waals surface area contributed by atoms with Crippen LogP contribution in [0, 0.1) is 5.92 Å². The first-order valence-corrected chi connectivity index (χ1v) is 11.8. The number of aromatic hydroxyl groups is 1. The SMILES string of the molecule is CC(C)CC(NC(=O)OC(C)(C)C)C(=O)N(C(C)C)C(C(=O)NC(C)(C)C)c1ccccc1O.